The van der Waals surface area contributed by atoms with E-state index >= 15 is 0 Å². The number of rotatable bonds is 6. The molecule has 3 N–H and O–H groups in total. The van der Waals surface area contributed by atoms with Crippen LogP contribution in [-0.2, 0) is 0 Å². The summed E-state index contributed by atoms with van der Waals surface area (Å²) in [5.41, 5.74) is 0.840. The van der Waals surface area contributed by atoms with Crippen LogP contribution in [0.15, 0.2) is 48.5 Å². The molecule has 114 valence electrons. The van der Waals surface area contributed by atoms with E-state index in [-0.39, 0.29) is 30.1 Å². The second-order valence-corrected chi connectivity index (χ2v) is 4.46. The van der Waals surface area contributed by atoms with E-state index in [4.69, 9.17) is 5.11 Å². The molecule has 0 radical (unpaired) electrons. The molecular formula is C15H15N3O4. The number of hydrogen-bond donors (Lipinski definition) is 3. The summed E-state index contributed by atoms with van der Waals surface area (Å²) in [6.45, 7) is 0.0454. The van der Waals surface area contributed by atoms with E-state index in [2.05, 4.69) is 10.6 Å². The number of benzene rings is 2. The Balaban J connectivity index is 2.22. The minimum absolute atomic E-state index is 0.145. The van der Waals surface area contributed by atoms with Crippen LogP contribution in [0, 0.1) is 10.1 Å². The smallest absolute Gasteiger partial charge is 0.293 e. The Bertz CT molecular complexity index is 674. The third-order valence-corrected chi connectivity index (χ3v) is 2.92. The fourth-order valence-electron chi connectivity index (χ4n) is 1.89. The van der Waals surface area contributed by atoms with Crippen LogP contribution in [-0.4, -0.2) is 29.1 Å². The van der Waals surface area contributed by atoms with Crippen molar-refractivity contribution in [3.05, 3.63) is 64.2 Å². The highest BCUT2D eigenvalue weighted by molar-refractivity contribution is 6.05. The second kappa shape index (κ2) is 7.19. The molecule has 0 heterocycles. The fourth-order valence-corrected chi connectivity index (χ4v) is 1.89. The van der Waals surface area contributed by atoms with Gasteiger partial charge in [0, 0.05) is 23.9 Å². The van der Waals surface area contributed by atoms with Crippen LogP contribution >= 0.6 is 0 Å². The molecule has 0 saturated carbocycles. The predicted molar refractivity (Wildman–Crippen MR) is 83.1 cm³/mol. The molecule has 2 aromatic carbocycles. The first-order valence-electron chi connectivity index (χ1n) is 6.61. The molecule has 0 fully saturated rings. The lowest BCUT2D eigenvalue weighted by Gasteiger charge is -2.08. The van der Waals surface area contributed by atoms with Crippen molar-refractivity contribution in [2.24, 2.45) is 0 Å². The number of carbonyl (C=O) groups excluding carboxylic acids is 1. The Morgan fingerprint density at radius 2 is 1.91 bits per heavy atom. The van der Waals surface area contributed by atoms with E-state index in [0.717, 1.165) is 0 Å². The molecule has 0 spiro atoms. The molecule has 7 heteroatoms. The van der Waals surface area contributed by atoms with Gasteiger partial charge in [0.15, 0.2) is 0 Å². The second-order valence-electron chi connectivity index (χ2n) is 4.46. The Kier molecular flexibility index (Phi) is 5.05. The number of aliphatic hydroxyl groups is 1. The monoisotopic (exact) mass is 301 g/mol. The van der Waals surface area contributed by atoms with Gasteiger partial charge < -0.3 is 15.7 Å². The van der Waals surface area contributed by atoms with Crippen molar-refractivity contribution in [2.45, 2.75) is 0 Å². The van der Waals surface area contributed by atoms with Crippen LogP contribution in [0.4, 0.5) is 17.1 Å². The number of nitro groups is 1. The summed E-state index contributed by atoms with van der Waals surface area (Å²) in [4.78, 5) is 22.6. The number of nitrogens with one attached hydrogen (secondary N) is 2. The fraction of sp³-hybridized carbons (Fsp3) is 0.133. The Hall–Kier alpha value is -2.93. The number of para-hydroxylation sites is 1. The number of hydrogen-bond acceptors (Lipinski definition) is 5. The molecule has 0 aromatic heterocycles. The van der Waals surface area contributed by atoms with Gasteiger partial charge in [0.05, 0.1) is 11.5 Å². The SMILES string of the molecule is O=C(Nc1ccccc1)c1ccc(NCCO)c([N+](=O)[O-])c1. The normalized spacial score (nSPS) is 10.0. The first-order valence-corrected chi connectivity index (χ1v) is 6.61. The first-order chi connectivity index (χ1) is 10.6. The molecule has 7 nitrogen and oxygen atoms in total. The minimum Gasteiger partial charge on any atom is -0.395 e. The molecule has 0 saturated heterocycles. The lowest BCUT2D eigenvalue weighted by Crippen LogP contribution is -2.13. The highest BCUT2D eigenvalue weighted by Crippen LogP contribution is 2.25. The lowest BCUT2D eigenvalue weighted by molar-refractivity contribution is -0.384. The molecule has 2 rings (SSSR count). The lowest BCUT2D eigenvalue weighted by atomic mass is 10.1. The summed E-state index contributed by atoms with van der Waals surface area (Å²) in [7, 11) is 0. The summed E-state index contributed by atoms with van der Waals surface area (Å²) >= 11 is 0. The average Bonchev–Trinajstić information content (AvgIpc) is 2.53. The predicted octanol–water partition coefficient (Wildman–Crippen LogP) is 2.25. The van der Waals surface area contributed by atoms with Crippen LogP contribution in [0.2, 0.25) is 0 Å². The van der Waals surface area contributed by atoms with Gasteiger partial charge in [-0.05, 0) is 24.3 Å². The molecule has 0 atom stereocenters. The van der Waals surface area contributed by atoms with Gasteiger partial charge in [-0.2, -0.15) is 0 Å². The van der Waals surface area contributed by atoms with Gasteiger partial charge >= 0.3 is 0 Å². The van der Waals surface area contributed by atoms with E-state index < -0.39 is 10.8 Å². The molecule has 1 amide bonds. The van der Waals surface area contributed by atoms with Crippen LogP contribution in [0.1, 0.15) is 10.4 Å². The highest BCUT2D eigenvalue weighted by atomic mass is 16.6. The zero-order valence-electron chi connectivity index (χ0n) is 11.7. The van der Waals surface area contributed by atoms with Gasteiger partial charge in [0.25, 0.3) is 11.6 Å². The van der Waals surface area contributed by atoms with E-state index in [1.54, 1.807) is 24.3 Å². The zero-order chi connectivity index (χ0) is 15.9. The molecule has 0 aliphatic rings. The van der Waals surface area contributed by atoms with Crippen molar-refractivity contribution < 1.29 is 14.8 Å². The number of aliphatic hydroxyl groups excluding tert-OH is 1. The average molecular weight is 301 g/mol. The Morgan fingerprint density at radius 3 is 2.55 bits per heavy atom. The zero-order valence-corrected chi connectivity index (χ0v) is 11.7. The third kappa shape index (κ3) is 3.80. The number of carbonyl (C=O) groups is 1. The molecule has 0 bridgehead atoms. The number of anilines is 2. The molecule has 0 aliphatic heterocycles. The minimum atomic E-state index is -0.570. The summed E-state index contributed by atoms with van der Waals surface area (Å²) in [5, 5.41) is 25.3. The van der Waals surface area contributed by atoms with E-state index in [1.165, 1.54) is 18.2 Å². The highest BCUT2D eigenvalue weighted by Gasteiger charge is 2.17. The maximum atomic E-state index is 12.1. The molecular weight excluding hydrogens is 286 g/mol. The first kappa shape index (κ1) is 15.5. The summed E-state index contributed by atoms with van der Waals surface area (Å²) < 4.78 is 0. The van der Waals surface area contributed by atoms with Crippen LogP contribution in [0.5, 0.6) is 0 Å². The number of amides is 1. The standard InChI is InChI=1S/C15H15N3O4/c19-9-8-16-13-7-6-11(10-14(13)18(21)22)15(20)17-12-4-2-1-3-5-12/h1-7,10,16,19H,8-9H2,(H,17,20). The molecule has 0 unspecified atom stereocenters. The van der Waals surface area contributed by atoms with Gasteiger partial charge in [-0.3, -0.25) is 14.9 Å². The van der Waals surface area contributed by atoms with Crippen LogP contribution in [0.3, 0.4) is 0 Å². The Labute approximate surface area is 126 Å². The molecule has 0 aliphatic carbocycles. The van der Waals surface area contributed by atoms with Crippen molar-refractivity contribution in [1.29, 1.82) is 0 Å². The maximum absolute atomic E-state index is 12.1. The van der Waals surface area contributed by atoms with E-state index in [0.29, 0.717) is 5.69 Å². The largest absolute Gasteiger partial charge is 0.395 e. The summed E-state index contributed by atoms with van der Waals surface area (Å²) in [5.74, 6) is -0.428. The van der Waals surface area contributed by atoms with Crippen molar-refractivity contribution in [2.75, 3.05) is 23.8 Å². The van der Waals surface area contributed by atoms with Crippen molar-refractivity contribution >= 4 is 23.0 Å². The van der Waals surface area contributed by atoms with E-state index in [9.17, 15) is 14.9 Å². The van der Waals surface area contributed by atoms with Crippen molar-refractivity contribution in [3.63, 3.8) is 0 Å². The number of nitro benzene ring substituents is 1. The van der Waals surface area contributed by atoms with Gasteiger partial charge in [0.1, 0.15) is 5.69 Å². The van der Waals surface area contributed by atoms with Gasteiger partial charge in [-0.1, -0.05) is 18.2 Å². The topological polar surface area (TPSA) is 104 Å². The number of nitrogens with zero attached hydrogens (tertiary/aromatic N) is 1. The quantitative estimate of drug-likeness (QED) is 0.560. The summed E-state index contributed by atoms with van der Waals surface area (Å²) in [6.07, 6.45) is 0. The van der Waals surface area contributed by atoms with Crippen molar-refractivity contribution in [1.82, 2.24) is 0 Å². The van der Waals surface area contributed by atoms with Crippen LogP contribution in [0.25, 0.3) is 0 Å². The van der Waals surface area contributed by atoms with Gasteiger partial charge in [-0.15, -0.1) is 0 Å². The maximum Gasteiger partial charge on any atom is 0.293 e. The molecule has 2 aromatic rings. The van der Waals surface area contributed by atoms with Crippen molar-refractivity contribution in [3.8, 4) is 0 Å². The third-order valence-electron chi connectivity index (χ3n) is 2.92. The van der Waals surface area contributed by atoms with Gasteiger partial charge in [0.2, 0.25) is 0 Å². The Morgan fingerprint density at radius 1 is 1.18 bits per heavy atom. The van der Waals surface area contributed by atoms with E-state index in [1.807, 2.05) is 6.07 Å². The summed E-state index contributed by atoms with van der Waals surface area (Å²) in [6, 6.07) is 13.0. The van der Waals surface area contributed by atoms with Crippen LogP contribution < -0.4 is 10.6 Å². The van der Waals surface area contributed by atoms with Gasteiger partial charge in [-0.25, -0.2) is 0 Å². The molecule has 22 heavy (non-hydrogen) atoms.